The molecule has 1 aliphatic rings. The number of carbonyl (C=O) groups excluding carboxylic acids is 2. The van der Waals surface area contributed by atoms with Crippen LogP contribution in [-0.2, 0) is 16.0 Å². The zero-order valence-electron chi connectivity index (χ0n) is 11.0. The van der Waals surface area contributed by atoms with Crippen LogP contribution in [0.2, 0.25) is 0 Å². The average Bonchev–Trinajstić information content (AvgIpc) is 2.33. The molecule has 0 radical (unpaired) electrons. The molecule has 4 heteroatoms. The lowest BCUT2D eigenvalue weighted by Gasteiger charge is -2.37. The van der Waals surface area contributed by atoms with Crippen LogP contribution in [0.3, 0.4) is 0 Å². The van der Waals surface area contributed by atoms with Crippen molar-refractivity contribution in [2.24, 2.45) is 0 Å². The summed E-state index contributed by atoms with van der Waals surface area (Å²) in [6.45, 7) is 5.61. The van der Waals surface area contributed by atoms with Gasteiger partial charge in [0.15, 0.2) is 0 Å². The Labute approximate surface area is 107 Å². The van der Waals surface area contributed by atoms with E-state index in [1.807, 2.05) is 24.3 Å². The molecule has 1 aromatic rings. The van der Waals surface area contributed by atoms with E-state index in [1.54, 1.807) is 18.7 Å². The van der Waals surface area contributed by atoms with Gasteiger partial charge in [-0.3, -0.25) is 9.59 Å². The molecule has 2 rings (SSSR count). The van der Waals surface area contributed by atoms with Crippen LogP contribution in [0.4, 0.5) is 5.69 Å². The Bertz CT molecular complexity index is 494. The third-order valence-corrected chi connectivity index (χ3v) is 3.16. The fraction of sp³-hybridized carbons (Fsp3) is 0.429. The van der Waals surface area contributed by atoms with E-state index in [2.05, 4.69) is 12.2 Å². The maximum Gasteiger partial charge on any atom is 0.252 e. The second-order valence-electron chi connectivity index (χ2n) is 5.09. The minimum Gasteiger partial charge on any atom is -0.341 e. The Hall–Kier alpha value is -1.84. The number of piperazine rings is 1. The number of benzene rings is 1. The first-order chi connectivity index (χ1) is 8.44. The van der Waals surface area contributed by atoms with Gasteiger partial charge in [0.2, 0.25) is 5.91 Å². The summed E-state index contributed by atoms with van der Waals surface area (Å²) in [5, 5.41) is 2.70. The van der Waals surface area contributed by atoms with Gasteiger partial charge in [0.1, 0.15) is 12.1 Å². The summed E-state index contributed by atoms with van der Waals surface area (Å²) in [4.78, 5) is 25.5. The van der Waals surface area contributed by atoms with E-state index in [0.717, 1.165) is 17.7 Å². The Morgan fingerprint density at radius 2 is 2.06 bits per heavy atom. The van der Waals surface area contributed by atoms with Crippen LogP contribution in [0.15, 0.2) is 24.3 Å². The van der Waals surface area contributed by atoms with Gasteiger partial charge in [-0.1, -0.05) is 19.1 Å². The van der Waals surface area contributed by atoms with Crippen molar-refractivity contribution in [3.05, 3.63) is 29.8 Å². The lowest BCUT2D eigenvalue weighted by atomic mass is 9.99. The van der Waals surface area contributed by atoms with Gasteiger partial charge in [-0.15, -0.1) is 0 Å². The second-order valence-corrected chi connectivity index (χ2v) is 5.09. The quantitative estimate of drug-likeness (QED) is 0.859. The zero-order chi connectivity index (χ0) is 13.3. The number of aryl methyl sites for hydroxylation is 1. The van der Waals surface area contributed by atoms with E-state index in [-0.39, 0.29) is 18.4 Å². The fourth-order valence-electron chi connectivity index (χ4n) is 2.15. The van der Waals surface area contributed by atoms with E-state index in [4.69, 9.17) is 0 Å². The molecule has 2 amide bonds. The first-order valence-corrected chi connectivity index (χ1v) is 6.16. The van der Waals surface area contributed by atoms with Crippen molar-refractivity contribution in [2.75, 3.05) is 11.4 Å². The van der Waals surface area contributed by atoms with Crippen molar-refractivity contribution >= 4 is 17.5 Å². The summed E-state index contributed by atoms with van der Waals surface area (Å²) in [6.07, 6.45) is 0.908. The number of nitrogens with one attached hydrogen (secondary N) is 1. The molecule has 0 saturated carbocycles. The van der Waals surface area contributed by atoms with Crippen molar-refractivity contribution in [2.45, 2.75) is 32.7 Å². The van der Waals surface area contributed by atoms with Gasteiger partial charge in [-0.05, 0) is 38.0 Å². The number of carbonyl (C=O) groups is 2. The highest BCUT2D eigenvalue weighted by molar-refractivity contribution is 6.08. The number of hydrogen-bond donors (Lipinski definition) is 1. The summed E-state index contributed by atoms with van der Waals surface area (Å²) >= 11 is 0. The molecule has 1 aliphatic heterocycles. The van der Waals surface area contributed by atoms with Gasteiger partial charge in [-0.25, -0.2) is 0 Å². The largest absolute Gasteiger partial charge is 0.341 e. The summed E-state index contributed by atoms with van der Waals surface area (Å²) in [5.74, 6) is -0.197. The number of amides is 2. The first-order valence-electron chi connectivity index (χ1n) is 6.16. The molecule has 96 valence electrons. The average molecular weight is 246 g/mol. The van der Waals surface area contributed by atoms with Crippen molar-refractivity contribution in [3.63, 3.8) is 0 Å². The van der Waals surface area contributed by atoms with E-state index in [0.29, 0.717) is 0 Å². The highest BCUT2D eigenvalue weighted by Crippen LogP contribution is 2.22. The van der Waals surface area contributed by atoms with Crippen molar-refractivity contribution in [1.29, 1.82) is 0 Å². The van der Waals surface area contributed by atoms with Gasteiger partial charge in [0.25, 0.3) is 5.91 Å². The Balaban J connectivity index is 2.36. The lowest BCUT2D eigenvalue weighted by Crippen LogP contribution is -2.64. The van der Waals surface area contributed by atoms with E-state index >= 15 is 0 Å². The molecule has 1 N–H and O–H groups in total. The third-order valence-electron chi connectivity index (χ3n) is 3.16. The summed E-state index contributed by atoms with van der Waals surface area (Å²) in [7, 11) is 0. The van der Waals surface area contributed by atoms with Crippen LogP contribution in [0.5, 0.6) is 0 Å². The standard InChI is InChI=1S/C14H18N2O2/c1-4-10-6-5-7-11(8-10)16-9-12(17)15-14(2,3)13(16)18/h5-8H,4,9H2,1-3H3,(H,15,17). The normalized spacial score (nSPS) is 18.7. The van der Waals surface area contributed by atoms with E-state index < -0.39 is 5.54 Å². The first kappa shape index (κ1) is 12.6. The van der Waals surface area contributed by atoms with Gasteiger partial charge < -0.3 is 10.2 Å². The van der Waals surface area contributed by atoms with Crippen LogP contribution in [0, 0.1) is 0 Å². The minimum atomic E-state index is -0.836. The van der Waals surface area contributed by atoms with Gasteiger partial charge in [0, 0.05) is 5.69 Å². The molecular weight excluding hydrogens is 228 g/mol. The topological polar surface area (TPSA) is 49.4 Å². The maximum absolute atomic E-state index is 12.3. The molecule has 4 nitrogen and oxygen atoms in total. The fourth-order valence-corrected chi connectivity index (χ4v) is 2.15. The molecule has 1 saturated heterocycles. The summed E-state index contributed by atoms with van der Waals surface area (Å²) < 4.78 is 0. The number of anilines is 1. The SMILES string of the molecule is CCc1cccc(N2CC(=O)NC(C)(C)C2=O)c1. The van der Waals surface area contributed by atoms with Crippen LogP contribution < -0.4 is 10.2 Å². The van der Waals surface area contributed by atoms with E-state index in [1.165, 1.54) is 0 Å². The minimum absolute atomic E-state index is 0.0737. The molecule has 0 bridgehead atoms. The predicted octanol–water partition coefficient (Wildman–Crippen LogP) is 1.49. The highest BCUT2D eigenvalue weighted by atomic mass is 16.2. The summed E-state index contributed by atoms with van der Waals surface area (Å²) in [6, 6.07) is 7.77. The Kier molecular flexibility index (Phi) is 3.11. The molecule has 18 heavy (non-hydrogen) atoms. The zero-order valence-corrected chi connectivity index (χ0v) is 11.0. The molecule has 1 fully saturated rings. The van der Waals surface area contributed by atoms with Crippen LogP contribution in [0.1, 0.15) is 26.3 Å². The molecule has 0 spiro atoms. The second kappa shape index (κ2) is 4.44. The Morgan fingerprint density at radius 3 is 2.72 bits per heavy atom. The Morgan fingerprint density at radius 1 is 1.33 bits per heavy atom. The summed E-state index contributed by atoms with van der Waals surface area (Å²) in [5.41, 5.74) is 1.11. The molecule has 0 unspecified atom stereocenters. The van der Waals surface area contributed by atoms with Gasteiger partial charge >= 0.3 is 0 Å². The number of hydrogen-bond acceptors (Lipinski definition) is 2. The molecule has 0 aliphatic carbocycles. The van der Waals surface area contributed by atoms with Gasteiger partial charge in [0.05, 0.1) is 0 Å². The number of rotatable bonds is 2. The van der Waals surface area contributed by atoms with Crippen LogP contribution in [-0.4, -0.2) is 23.9 Å². The maximum atomic E-state index is 12.3. The van der Waals surface area contributed by atoms with E-state index in [9.17, 15) is 9.59 Å². The monoisotopic (exact) mass is 246 g/mol. The van der Waals surface area contributed by atoms with Crippen molar-refractivity contribution < 1.29 is 9.59 Å². The smallest absolute Gasteiger partial charge is 0.252 e. The highest BCUT2D eigenvalue weighted by Gasteiger charge is 2.39. The van der Waals surface area contributed by atoms with Gasteiger partial charge in [-0.2, -0.15) is 0 Å². The molecule has 0 aromatic heterocycles. The van der Waals surface area contributed by atoms with Crippen molar-refractivity contribution in [3.8, 4) is 0 Å². The predicted molar refractivity (Wildman–Crippen MR) is 70.4 cm³/mol. The molecule has 0 atom stereocenters. The lowest BCUT2D eigenvalue weighted by molar-refractivity contribution is -0.134. The molecular formula is C14H18N2O2. The number of nitrogens with zero attached hydrogens (tertiary/aromatic N) is 1. The molecule has 1 heterocycles. The van der Waals surface area contributed by atoms with Crippen LogP contribution >= 0.6 is 0 Å². The van der Waals surface area contributed by atoms with Crippen molar-refractivity contribution in [1.82, 2.24) is 5.32 Å². The third kappa shape index (κ3) is 2.23. The van der Waals surface area contributed by atoms with Crippen LogP contribution in [0.25, 0.3) is 0 Å². The molecule has 1 aromatic carbocycles.